The van der Waals surface area contributed by atoms with E-state index in [0.717, 1.165) is 47.7 Å². The van der Waals surface area contributed by atoms with Gasteiger partial charge in [-0.1, -0.05) is 54.6 Å². The third-order valence-corrected chi connectivity index (χ3v) is 5.40. The van der Waals surface area contributed by atoms with Crippen molar-refractivity contribution < 1.29 is 0 Å². The highest BCUT2D eigenvalue weighted by molar-refractivity contribution is 5.91. The zero-order chi connectivity index (χ0) is 21.8. The molecule has 0 radical (unpaired) electrons. The van der Waals surface area contributed by atoms with Gasteiger partial charge in [0.1, 0.15) is 12.2 Å². The quantitative estimate of drug-likeness (QED) is 0.347. The molecule has 32 heavy (non-hydrogen) atoms. The van der Waals surface area contributed by atoms with Gasteiger partial charge in [-0.2, -0.15) is 5.10 Å². The highest BCUT2D eigenvalue weighted by atomic mass is 16.1. The topological polar surface area (TPSA) is 99.3 Å². The average Bonchev–Trinajstić information content (AvgIpc) is 3.36. The van der Waals surface area contributed by atoms with Crippen molar-refractivity contribution in [3.63, 3.8) is 0 Å². The van der Waals surface area contributed by atoms with Gasteiger partial charge in [-0.05, 0) is 23.3 Å². The first-order valence-electron chi connectivity index (χ1n) is 10.5. The number of hydrogen-bond acceptors (Lipinski definition) is 5. The number of rotatable bonds is 7. The molecule has 0 saturated heterocycles. The minimum atomic E-state index is -0.134. The van der Waals surface area contributed by atoms with Crippen molar-refractivity contribution in [2.24, 2.45) is 0 Å². The van der Waals surface area contributed by atoms with E-state index in [-0.39, 0.29) is 5.56 Å². The SMILES string of the molecule is O=c1[nH]ccc2nc(-c3ccc(CNCCc4ncn[nH]4)cc3)c(-c3ccccc3)cc12. The summed E-state index contributed by atoms with van der Waals surface area (Å²) in [6.45, 7) is 1.58. The first-order valence-corrected chi connectivity index (χ1v) is 10.5. The number of pyridine rings is 2. The maximum Gasteiger partial charge on any atom is 0.257 e. The summed E-state index contributed by atoms with van der Waals surface area (Å²) in [5.74, 6) is 0.877. The van der Waals surface area contributed by atoms with Crippen molar-refractivity contribution >= 4 is 10.9 Å². The Bertz CT molecular complexity index is 1380. The maximum atomic E-state index is 12.3. The number of nitrogens with one attached hydrogen (secondary N) is 3. The van der Waals surface area contributed by atoms with E-state index in [9.17, 15) is 4.79 Å². The van der Waals surface area contributed by atoms with Crippen LogP contribution in [0.15, 0.2) is 84.0 Å². The number of aromatic nitrogens is 5. The Morgan fingerprint density at radius 2 is 1.78 bits per heavy atom. The summed E-state index contributed by atoms with van der Waals surface area (Å²) in [5, 5.41) is 10.7. The van der Waals surface area contributed by atoms with Gasteiger partial charge in [0, 0.05) is 36.8 Å². The standard InChI is InChI=1S/C25H22N6O/c32-25-21-14-20(18-4-2-1-3-5-18)24(30-22(21)10-13-27-25)19-8-6-17(7-9-19)15-26-12-11-23-28-16-29-31-23/h1-10,13-14,16,26H,11-12,15H2,(H,27,32)(H,28,29,31). The second-order valence-corrected chi connectivity index (χ2v) is 7.55. The van der Waals surface area contributed by atoms with E-state index < -0.39 is 0 Å². The summed E-state index contributed by atoms with van der Waals surface area (Å²) in [6, 6.07) is 22.2. The predicted molar refractivity (Wildman–Crippen MR) is 125 cm³/mol. The highest BCUT2D eigenvalue weighted by Gasteiger charge is 2.13. The number of H-pyrrole nitrogens is 2. The van der Waals surface area contributed by atoms with Gasteiger partial charge in [0.05, 0.1) is 16.6 Å². The molecule has 5 aromatic rings. The molecule has 0 aliphatic rings. The fourth-order valence-corrected chi connectivity index (χ4v) is 3.74. The van der Waals surface area contributed by atoms with Crippen LogP contribution in [0.5, 0.6) is 0 Å². The summed E-state index contributed by atoms with van der Waals surface area (Å²) in [7, 11) is 0. The van der Waals surface area contributed by atoms with Gasteiger partial charge in [-0.3, -0.25) is 9.89 Å². The Morgan fingerprint density at radius 1 is 0.938 bits per heavy atom. The molecule has 2 aromatic carbocycles. The number of hydrogen-bond donors (Lipinski definition) is 3. The Hall–Kier alpha value is -4.10. The minimum absolute atomic E-state index is 0.134. The van der Waals surface area contributed by atoms with Gasteiger partial charge in [-0.25, -0.2) is 9.97 Å². The van der Waals surface area contributed by atoms with E-state index in [0.29, 0.717) is 10.9 Å². The van der Waals surface area contributed by atoms with Crippen molar-refractivity contribution in [2.75, 3.05) is 6.54 Å². The summed E-state index contributed by atoms with van der Waals surface area (Å²) in [4.78, 5) is 24.1. The molecule has 0 saturated carbocycles. The van der Waals surface area contributed by atoms with E-state index in [1.807, 2.05) is 42.5 Å². The molecular weight excluding hydrogens is 400 g/mol. The first kappa shape index (κ1) is 19.8. The smallest absolute Gasteiger partial charge is 0.257 e. The lowest BCUT2D eigenvalue weighted by molar-refractivity contribution is 0.672. The van der Waals surface area contributed by atoms with E-state index in [2.05, 4.69) is 49.7 Å². The van der Waals surface area contributed by atoms with Crippen LogP contribution in [0.2, 0.25) is 0 Å². The Morgan fingerprint density at radius 3 is 2.56 bits per heavy atom. The van der Waals surface area contributed by atoms with Crippen molar-refractivity contribution in [2.45, 2.75) is 13.0 Å². The van der Waals surface area contributed by atoms with Gasteiger partial charge < -0.3 is 10.3 Å². The first-order chi connectivity index (χ1) is 15.8. The Balaban J connectivity index is 1.42. The highest BCUT2D eigenvalue weighted by Crippen LogP contribution is 2.32. The second kappa shape index (κ2) is 8.95. The maximum absolute atomic E-state index is 12.3. The average molecular weight is 422 g/mol. The fraction of sp³-hybridized carbons (Fsp3) is 0.120. The monoisotopic (exact) mass is 422 g/mol. The van der Waals surface area contributed by atoms with Crippen LogP contribution in [0.4, 0.5) is 0 Å². The third-order valence-electron chi connectivity index (χ3n) is 5.40. The lowest BCUT2D eigenvalue weighted by atomic mass is 9.97. The molecule has 0 amide bonds. The summed E-state index contributed by atoms with van der Waals surface area (Å²) >= 11 is 0. The molecule has 3 heterocycles. The molecule has 158 valence electrons. The molecule has 0 atom stereocenters. The summed E-state index contributed by atoms with van der Waals surface area (Å²) < 4.78 is 0. The van der Waals surface area contributed by atoms with Crippen molar-refractivity contribution in [1.82, 2.24) is 30.5 Å². The Labute approximate surface area is 184 Å². The molecule has 0 spiro atoms. The van der Waals surface area contributed by atoms with Crippen molar-refractivity contribution in [3.8, 4) is 22.4 Å². The molecule has 0 aliphatic carbocycles. The normalized spacial score (nSPS) is 11.1. The van der Waals surface area contributed by atoms with Gasteiger partial charge in [0.25, 0.3) is 5.56 Å². The molecule has 3 aromatic heterocycles. The largest absolute Gasteiger partial charge is 0.328 e. The van der Waals surface area contributed by atoms with Crippen LogP contribution in [0.25, 0.3) is 33.3 Å². The van der Waals surface area contributed by atoms with Crippen LogP contribution < -0.4 is 10.9 Å². The van der Waals surface area contributed by atoms with Crippen LogP contribution in [0.3, 0.4) is 0 Å². The summed E-state index contributed by atoms with van der Waals surface area (Å²) in [6.07, 6.45) is 3.96. The van der Waals surface area contributed by atoms with Crippen LogP contribution in [-0.2, 0) is 13.0 Å². The molecule has 7 nitrogen and oxygen atoms in total. The van der Waals surface area contributed by atoms with E-state index in [1.54, 1.807) is 6.20 Å². The number of nitrogens with zero attached hydrogens (tertiary/aromatic N) is 3. The van der Waals surface area contributed by atoms with Crippen molar-refractivity contribution in [1.29, 1.82) is 0 Å². The van der Waals surface area contributed by atoms with E-state index in [4.69, 9.17) is 4.98 Å². The third kappa shape index (κ3) is 4.19. The summed E-state index contributed by atoms with van der Waals surface area (Å²) in [5.41, 5.74) is 5.57. The number of fused-ring (bicyclic) bond motifs is 1. The fourth-order valence-electron chi connectivity index (χ4n) is 3.74. The van der Waals surface area contributed by atoms with E-state index in [1.165, 1.54) is 11.9 Å². The zero-order valence-corrected chi connectivity index (χ0v) is 17.4. The second-order valence-electron chi connectivity index (χ2n) is 7.55. The lowest BCUT2D eigenvalue weighted by Gasteiger charge is -2.12. The van der Waals surface area contributed by atoms with Gasteiger partial charge in [-0.15, -0.1) is 0 Å². The molecule has 3 N–H and O–H groups in total. The van der Waals surface area contributed by atoms with Crippen molar-refractivity contribution in [3.05, 3.63) is 101 Å². The molecule has 0 bridgehead atoms. The Kier molecular flexibility index (Phi) is 5.55. The minimum Gasteiger partial charge on any atom is -0.328 e. The van der Waals surface area contributed by atoms with Gasteiger partial charge >= 0.3 is 0 Å². The van der Waals surface area contributed by atoms with E-state index >= 15 is 0 Å². The predicted octanol–water partition coefficient (Wildman–Crippen LogP) is 3.71. The van der Waals surface area contributed by atoms with Crippen LogP contribution in [0, 0.1) is 0 Å². The van der Waals surface area contributed by atoms with Gasteiger partial charge in [0.2, 0.25) is 0 Å². The number of benzene rings is 2. The molecule has 5 rings (SSSR count). The molecule has 0 aliphatic heterocycles. The molecule has 7 heteroatoms. The molecule has 0 unspecified atom stereocenters. The van der Waals surface area contributed by atoms with Crippen LogP contribution in [0.1, 0.15) is 11.4 Å². The lowest BCUT2D eigenvalue weighted by Crippen LogP contribution is -2.17. The van der Waals surface area contributed by atoms with Gasteiger partial charge in [0.15, 0.2) is 0 Å². The zero-order valence-electron chi connectivity index (χ0n) is 17.4. The molecule has 0 fully saturated rings. The van der Waals surface area contributed by atoms with Crippen LogP contribution in [-0.4, -0.2) is 31.7 Å². The molecular formula is C25H22N6O. The number of aromatic amines is 2. The van der Waals surface area contributed by atoms with Crippen LogP contribution >= 0.6 is 0 Å².